The fourth-order valence-electron chi connectivity index (χ4n) is 1.17. The molecule has 1 aromatic heterocycles. The molecule has 3 heteroatoms. The Kier molecular flexibility index (Phi) is 3.89. The second-order valence-corrected chi connectivity index (χ2v) is 3.67. The van der Waals surface area contributed by atoms with Gasteiger partial charge in [-0.3, -0.25) is 4.68 Å². The topological polar surface area (TPSA) is 43.8 Å². The molecule has 0 aromatic carbocycles. The van der Waals surface area contributed by atoms with Gasteiger partial charge in [-0.1, -0.05) is 12.5 Å². The van der Waals surface area contributed by atoms with E-state index in [0.717, 1.165) is 17.7 Å². The zero-order valence-electron chi connectivity index (χ0n) is 9.20. The second-order valence-electron chi connectivity index (χ2n) is 3.67. The van der Waals surface area contributed by atoms with Crippen molar-refractivity contribution >= 4 is 6.08 Å². The van der Waals surface area contributed by atoms with E-state index in [0.29, 0.717) is 12.6 Å². The molecule has 0 spiro atoms. The van der Waals surface area contributed by atoms with E-state index in [2.05, 4.69) is 18.9 Å². The van der Waals surface area contributed by atoms with Gasteiger partial charge in [0.05, 0.1) is 5.69 Å². The van der Waals surface area contributed by atoms with Gasteiger partial charge in [-0.2, -0.15) is 5.10 Å². The Morgan fingerprint density at radius 1 is 1.71 bits per heavy atom. The van der Waals surface area contributed by atoms with E-state index in [9.17, 15) is 0 Å². The molecule has 0 fully saturated rings. The molecule has 0 aliphatic rings. The molecule has 78 valence electrons. The van der Waals surface area contributed by atoms with Crippen LogP contribution in [-0.2, 0) is 0 Å². The molecule has 1 aromatic rings. The van der Waals surface area contributed by atoms with Crippen molar-refractivity contribution in [2.24, 2.45) is 5.73 Å². The van der Waals surface area contributed by atoms with Gasteiger partial charge < -0.3 is 5.73 Å². The maximum Gasteiger partial charge on any atom is 0.0850 e. The largest absolute Gasteiger partial charge is 0.327 e. The molecule has 0 radical (unpaired) electrons. The summed E-state index contributed by atoms with van der Waals surface area (Å²) in [5, 5.41) is 4.45. The van der Waals surface area contributed by atoms with Crippen LogP contribution in [0.4, 0.5) is 0 Å². The molecule has 0 bridgehead atoms. The number of nitrogens with zero attached hydrogens (tertiary/aromatic N) is 2. The monoisotopic (exact) mass is 193 g/mol. The van der Waals surface area contributed by atoms with Crippen LogP contribution in [0.1, 0.15) is 38.9 Å². The highest BCUT2D eigenvalue weighted by molar-refractivity contribution is 5.47. The van der Waals surface area contributed by atoms with Gasteiger partial charge in [-0.05, 0) is 32.4 Å². The molecule has 0 amide bonds. The average Bonchev–Trinajstić information content (AvgIpc) is 2.65. The molecule has 14 heavy (non-hydrogen) atoms. The summed E-state index contributed by atoms with van der Waals surface area (Å²) in [6.07, 6.45) is 5.14. The summed E-state index contributed by atoms with van der Waals surface area (Å²) >= 11 is 0. The van der Waals surface area contributed by atoms with Gasteiger partial charge in [-0.15, -0.1) is 0 Å². The van der Waals surface area contributed by atoms with E-state index in [4.69, 9.17) is 5.73 Å². The molecular weight excluding hydrogens is 174 g/mol. The summed E-state index contributed by atoms with van der Waals surface area (Å²) in [6.45, 7) is 6.93. The minimum absolute atomic E-state index is 0.468. The standard InChI is InChI=1S/C11H19N3/c1-4-10(3)14-6-5-11(13-14)7-9(2)8-12/h5-7,10H,4,8,12H2,1-3H3/b9-7-. The number of aromatic nitrogens is 2. The molecule has 1 unspecified atom stereocenters. The third-order valence-corrected chi connectivity index (χ3v) is 2.39. The van der Waals surface area contributed by atoms with Gasteiger partial charge in [0, 0.05) is 18.8 Å². The number of hydrogen-bond acceptors (Lipinski definition) is 2. The second kappa shape index (κ2) is 4.96. The van der Waals surface area contributed by atoms with Crippen molar-refractivity contribution < 1.29 is 0 Å². The lowest BCUT2D eigenvalue weighted by Crippen LogP contribution is -2.04. The van der Waals surface area contributed by atoms with Crippen LogP contribution in [0.15, 0.2) is 17.8 Å². The summed E-state index contributed by atoms with van der Waals surface area (Å²) in [4.78, 5) is 0. The van der Waals surface area contributed by atoms with Crippen LogP contribution in [0.3, 0.4) is 0 Å². The first-order valence-electron chi connectivity index (χ1n) is 5.09. The van der Waals surface area contributed by atoms with Crippen molar-refractivity contribution in [1.29, 1.82) is 0 Å². The predicted octanol–water partition coefficient (Wildman–Crippen LogP) is 2.22. The highest BCUT2D eigenvalue weighted by Crippen LogP contribution is 2.10. The van der Waals surface area contributed by atoms with E-state index >= 15 is 0 Å². The molecule has 1 atom stereocenters. The van der Waals surface area contributed by atoms with Gasteiger partial charge in [0.25, 0.3) is 0 Å². The van der Waals surface area contributed by atoms with E-state index in [-0.39, 0.29) is 0 Å². The molecule has 2 N–H and O–H groups in total. The fourth-order valence-corrected chi connectivity index (χ4v) is 1.17. The Bertz CT molecular complexity index is 312. The number of hydrogen-bond donors (Lipinski definition) is 1. The fraction of sp³-hybridized carbons (Fsp3) is 0.545. The Morgan fingerprint density at radius 3 is 3.00 bits per heavy atom. The lowest BCUT2D eigenvalue weighted by molar-refractivity contribution is 0.477. The van der Waals surface area contributed by atoms with Crippen molar-refractivity contribution in [3.63, 3.8) is 0 Å². The van der Waals surface area contributed by atoms with Crippen LogP contribution in [0.2, 0.25) is 0 Å². The zero-order valence-corrected chi connectivity index (χ0v) is 9.20. The Hall–Kier alpha value is -1.09. The van der Waals surface area contributed by atoms with Crippen LogP contribution in [0, 0.1) is 0 Å². The first-order valence-corrected chi connectivity index (χ1v) is 5.09. The summed E-state index contributed by atoms with van der Waals surface area (Å²) < 4.78 is 2.00. The van der Waals surface area contributed by atoms with Crippen molar-refractivity contribution in [2.75, 3.05) is 6.54 Å². The quantitative estimate of drug-likeness (QED) is 0.796. The zero-order chi connectivity index (χ0) is 10.6. The van der Waals surface area contributed by atoms with Crippen LogP contribution in [-0.4, -0.2) is 16.3 Å². The van der Waals surface area contributed by atoms with Gasteiger partial charge in [-0.25, -0.2) is 0 Å². The number of rotatable bonds is 4. The molecule has 1 heterocycles. The van der Waals surface area contributed by atoms with Gasteiger partial charge in [0.2, 0.25) is 0 Å². The molecule has 3 nitrogen and oxygen atoms in total. The van der Waals surface area contributed by atoms with Crippen LogP contribution in [0.25, 0.3) is 6.08 Å². The third kappa shape index (κ3) is 2.70. The molecule has 0 saturated heterocycles. The first kappa shape index (κ1) is 11.0. The minimum Gasteiger partial charge on any atom is -0.327 e. The minimum atomic E-state index is 0.468. The summed E-state index contributed by atoms with van der Waals surface area (Å²) in [6, 6.07) is 2.49. The van der Waals surface area contributed by atoms with Gasteiger partial charge in [0.1, 0.15) is 0 Å². The molecule has 0 aliphatic carbocycles. The van der Waals surface area contributed by atoms with Crippen LogP contribution >= 0.6 is 0 Å². The van der Waals surface area contributed by atoms with Crippen molar-refractivity contribution in [3.05, 3.63) is 23.5 Å². The van der Waals surface area contributed by atoms with Crippen molar-refractivity contribution in [2.45, 2.75) is 33.2 Å². The van der Waals surface area contributed by atoms with E-state index in [1.807, 2.05) is 29.9 Å². The third-order valence-electron chi connectivity index (χ3n) is 2.39. The lowest BCUT2D eigenvalue weighted by Gasteiger charge is -2.07. The SMILES string of the molecule is CCC(C)n1ccc(/C=C(/C)CN)n1. The van der Waals surface area contributed by atoms with E-state index < -0.39 is 0 Å². The van der Waals surface area contributed by atoms with E-state index in [1.54, 1.807) is 0 Å². The maximum absolute atomic E-state index is 5.51. The van der Waals surface area contributed by atoms with Crippen molar-refractivity contribution in [1.82, 2.24) is 9.78 Å². The molecule has 1 rings (SSSR count). The maximum atomic E-state index is 5.51. The summed E-state index contributed by atoms with van der Waals surface area (Å²) in [7, 11) is 0. The van der Waals surface area contributed by atoms with E-state index in [1.165, 1.54) is 0 Å². The average molecular weight is 193 g/mol. The molecule has 0 saturated carbocycles. The predicted molar refractivity (Wildman–Crippen MR) is 59.9 cm³/mol. The smallest absolute Gasteiger partial charge is 0.0850 e. The van der Waals surface area contributed by atoms with Crippen LogP contribution < -0.4 is 5.73 Å². The highest BCUT2D eigenvalue weighted by atomic mass is 15.3. The Morgan fingerprint density at radius 2 is 2.43 bits per heavy atom. The highest BCUT2D eigenvalue weighted by Gasteiger charge is 2.02. The van der Waals surface area contributed by atoms with Crippen molar-refractivity contribution in [3.8, 4) is 0 Å². The summed E-state index contributed by atoms with van der Waals surface area (Å²) in [5.74, 6) is 0. The molecular formula is C11H19N3. The first-order chi connectivity index (χ1) is 6.67. The Labute approximate surface area is 85.6 Å². The van der Waals surface area contributed by atoms with Gasteiger partial charge in [0.15, 0.2) is 0 Å². The lowest BCUT2D eigenvalue weighted by atomic mass is 10.2. The normalized spacial score (nSPS) is 14.4. The molecule has 0 aliphatic heterocycles. The Balaban J connectivity index is 2.78. The van der Waals surface area contributed by atoms with Gasteiger partial charge >= 0.3 is 0 Å². The summed E-state index contributed by atoms with van der Waals surface area (Å²) in [5.41, 5.74) is 7.66. The van der Waals surface area contributed by atoms with Crippen LogP contribution in [0.5, 0.6) is 0 Å². The number of nitrogens with two attached hydrogens (primary N) is 1.